The number of anilines is 1. The molecule has 1 aromatic rings. The van der Waals surface area contributed by atoms with Gasteiger partial charge < -0.3 is 9.64 Å². The van der Waals surface area contributed by atoms with Crippen LogP contribution in [0, 0.1) is 12.8 Å². The van der Waals surface area contributed by atoms with Gasteiger partial charge in [-0.05, 0) is 38.0 Å². The van der Waals surface area contributed by atoms with E-state index in [2.05, 4.69) is 5.10 Å². The molecule has 0 spiro atoms. The first kappa shape index (κ1) is 17.6. The highest BCUT2D eigenvalue weighted by molar-refractivity contribution is 6.40. The van der Waals surface area contributed by atoms with Crippen LogP contribution in [0.4, 0.5) is 5.69 Å². The zero-order chi connectivity index (χ0) is 17.8. The van der Waals surface area contributed by atoms with Gasteiger partial charge in [0.2, 0.25) is 5.91 Å². The van der Waals surface area contributed by atoms with Crippen LogP contribution in [0.25, 0.3) is 0 Å². The normalized spacial score (nSPS) is 20.6. The van der Waals surface area contributed by atoms with Crippen molar-refractivity contribution in [3.8, 4) is 0 Å². The molecule has 0 radical (unpaired) electrons. The summed E-state index contributed by atoms with van der Waals surface area (Å²) in [4.78, 5) is 27.0. The van der Waals surface area contributed by atoms with Crippen LogP contribution in [0.1, 0.15) is 31.7 Å². The van der Waals surface area contributed by atoms with Gasteiger partial charge in [0.15, 0.2) is 0 Å². The zero-order valence-corrected chi connectivity index (χ0v) is 14.9. The molecule has 1 unspecified atom stereocenters. The van der Waals surface area contributed by atoms with Crippen LogP contribution in [0.2, 0.25) is 0 Å². The Hall–Kier alpha value is -2.21. The number of carbonyl (C=O) groups excluding carboxylic acids is 2. The van der Waals surface area contributed by atoms with Crippen molar-refractivity contribution in [1.82, 2.24) is 4.90 Å². The van der Waals surface area contributed by atoms with E-state index in [0.29, 0.717) is 49.9 Å². The maximum Gasteiger partial charge on any atom is 0.270 e. The van der Waals surface area contributed by atoms with Crippen LogP contribution >= 0.6 is 0 Å². The van der Waals surface area contributed by atoms with E-state index in [-0.39, 0.29) is 11.8 Å². The van der Waals surface area contributed by atoms with Gasteiger partial charge in [-0.15, -0.1) is 0 Å². The van der Waals surface area contributed by atoms with Crippen molar-refractivity contribution in [2.75, 3.05) is 31.3 Å². The number of hydrogen-bond donors (Lipinski definition) is 0. The number of hydrogen-bond acceptors (Lipinski definition) is 4. The Morgan fingerprint density at radius 1 is 1.40 bits per heavy atom. The highest BCUT2D eigenvalue weighted by Gasteiger charge is 2.29. The van der Waals surface area contributed by atoms with Gasteiger partial charge in [-0.2, -0.15) is 5.10 Å². The lowest BCUT2D eigenvalue weighted by Gasteiger charge is -2.28. The summed E-state index contributed by atoms with van der Waals surface area (Å²) in [5.41, 5.74) is 2.22. The summed E-state index contributed by atoms with van der Waals surface area (Å²) in [6, 6.07) is 7.61. The number of ether oxygens (including phenoxy) is 1. The highest BCUT2D eigenvalue weighted by atomic mass is 16.5. The van der Waals surface area contributed by atoms with Crippen LogP contribution in [0.3, 0.4) is 0 Å². The van der Waals surface area contributed by atoms with E-state index in [4.69, 9.17) is 4.74 Å². The lowest BCUT2D eigenvalue weighted by Crippen LogP contribution is -2.43. The maximum absolute atomic E-state index is 12.9. The van der Waals surface area contributed by atoms with Crippen LogP contribution in [0.15, 0.2) is 29.4 Å². The number of amides is 2. The van der Waals surface area contributed by atoms with Gasteiger partial charge in [-0.1, -0.05) is 12.1 Å². The van der Waals surface area contributed by atoms with E-state index in [1.807, 2.05) is 43.0 Å². The molecular formula is C19H25N3O3. The Labute approximate surface area is 148 Å². The topological polar surface area (TPSA) is 62.2 Å². The number of benzene rings is 1. The third kappa shape index (κ3) is 4.07. The minimum absolute atomic E-state index is 0.0699. The smallest absolute Gasteiger partial charge is 0.270 e. The standard InChI is InChI=1S/C19H25N3O3/c1-3-21(12-15-9-10-25-13-15)19(24)17-7-8-18(23)22(20-17)16-6-4-5-14(2)11-16/h4-6,11,15H,3,7-10,12-13H2,1-2H3. The van der Waals surface area contributed by atoms with E-state index >= 15 is 0 Å². The number of carbonyl (C=O) groups is 2. The molecule has 3 rings (SSSR count). The maximum atomic E-state index is 12.9. The molecule has 6 heteroatoms. The van der Waals surface area contributed by atoms with Crippen molar-refractivity contribution in [3.63, 3.8) is 0 Å². The van der Waals surface area contributed by atoms with Crippen molar-refractivity contribution in [2.24, 2.45) is 11.0 Å². The molecule has 2 heterocycles. The zero-order valence-electron chi connectivity index (χ0n) is 14.9. The summed E-state index contributed by atoms with van der Waals surface area (Å²) < 4.78 is 5.41. The van der Waals surface area contributed by atoms with Gasteiger partial charge in [0.25, 0.3) is 5.91 Å². The van der Waals surface area contributed by atoms with Gasteiger partial charge in [0.05, 0.1) is 12.3 Å². The monoisotopic (exact) mass is 343 g/mol. The third-order valence-corrected chi connectivity index (χ3v) is 4.70. The average Bonchev–Trinajstić information content (AvgIpc) is 3.12. The molecular weight excluding hydrogens is 318 g/mol. The molecule has 1 atom stereocenters. The molecule has 0 saturated carbocycles. The van der Waals surface area contributed by atoms with Gasteiger partial charge >= 0.3 is 0 Å². The Balaban J connectivity index is 1.78. The molecule has 0 N–H and O–H groups in total. The van der Waals surface area contributed by atoms with E-state index in [9.17, 15) is 9.59 Å². The first-order valence-corrected chi connectivity index (χ1v) is 8.92. The second-order valence-corrected chi connectivity index (χ2v) is 6.66. The van der Waals surface area contributed by atoms with Crippen molar-refractivity contribution in [1.29, 1.82) is 0 Å². The molecule has 1 saturated heterocycles. The van der Waals surface area contributed by atoms with Crippen molar-refractivity contribution >= 4 is 23.2 Å². The Morgan fingerprint density at radius 2 is 2.24 bits per heavy atom. The fourth-order valence-electron chi connectivity index (χ4n) is 3.25. The van der Waals surface area contributed by atoms with E-state index in [0.717, 1.165) is 18.6 Å². The molecule has 6 nitrogen and oxygen atoms in total. The van der Waals surface area contributed by atoms with Crippen molar-refractivity contribution in [2.45, 2.75) is 33.1 Å². The third-order valence-electron chi connectivity index (χ3n) is 4.70. The predicted octanol–water partition coefficient (Wildman–Crippen LogP) is 2.36. The van der Waals surface area contributed by atoms with Crippen molar-refractivity contribution in [3.05, 3.63) is 29.8 Å². The first-order valence-electron chi connectivity index (χ1n) is 8.92. The molecule has 2 aliphatic rings. The number of aryl methyl sites for hydroxylation is 1. The first-order chi connectivity index (χ1) is 12.1. The lowest BCUT2D eigenvalue weighted by atomic mass is 10.1. The number of nitrogens with zero attached hydrogens (tertiary/aromatic N) is 3. The Bertz CT molecular complexity index is 680. The van der Waals surface area contributed by atoms with Crippen LogP contribution in [0.5, 0.6) is 0 Å². The molecule has 25 heavy (non-hydrogen) atoms. The van der Waals surface area contributed by atoms with Crippen molar-refractivity contribution < 1.29 is 14.3 Å². The Kier molecular flexibility index (Phi) is 5.48. The molecule has 1 aromatic carbocycles. The summed E-state index contributed by atoms with van der Waals surface area (Å²) in [6.07, 6.45) is 1.70. The van der Waals surface area contributed by atoms with E-state index in [1.165, 1.54) is 5.01 Å². The van der Waals surface area contributed by atoms with Crippen LogP contribution < -0.4 is 5.01 Å². The lowest BCUT2D eigenvalue weighted by molar-refractivity contribution is -0.124. The summed E-state index contributed by atoms with van der Waals surface area (Å²) >= 11 is 0. The minimum atomic E-state index is -0.0746. The van der Waals surface area contributed by atoms with E-state index in [1.54, 1.807) is 0 Å². The minimum Gasteiger partial charge on any atom is -0.381 e. The van der Waals surface area contributed by atoms with Gasteiger partial charge in [0, 0.05) is 38.5 Å². The predicted molar refractivity (Wildman–Crippen MR) is 96.5 cm³/mol. The summed E-state index contributed by atoms with van der Waals surface area (Å²) in [5, 5.41) is 5.77. The molecule has 0 bridgehead atoms. The largest absolute Gasteiger partial charge is 0.381 e. The summed E-state index contributed by atoms with van der Waals surface area (Å²) in [5.74, 6) is 0.247. The fraction of sp³-hybridized carbons (Fsp3) is 0.526. The highest BCUT2D eigenvalue weighted by Crippen LogP contribution is 2.22. The molecule has 2 aliphatic heterocycles. The van der Waals surface area contributed by atoms with Gasteiger partial charge in [0.1, 0.15) is 5.71 Å². The second kappa shape index (κ2) is 7.78. The van der Waals surface area contributed by atoms with Crippen LogP contribution in [-0.2, 0) is 14.3 Å². The van der Waals surface area contributed by atoms with Gasteiger partial charge in [-0.25, -0.2) is 5.01 Å². The summed E-state index contributed by atoms with van der Waals surface area (Å²) in [6.45, 7) is 6.74. The second-order valence-electron chi connectivity index (χ2n) is 6.66. The molecule has 134 valence electrons. The molecule has 2 amide bonds. The fourth-order valence-corrected chi connectivity index (χ4v) is 3.25. The number of hydrazone groups is 1. The van der Waals surface area contributed by atoms with Gasteiger partial charge in [-0.3, -0.25) is 9.59 Å². The Morgan fingerprint density at radius 3 is 2.92 bits per heavy atom. The SMILES string of the molecule is CCN(CC1CCOC1)C(=O)C1=NN(c2cccc(C)c2)C(=O)CC1. The molecule has 1 fully saturated rings. The summed E-state index contributed by atoms with van der Waals surface area (Å²) in [7, 11) is 0. The average molecular weight is 343 g/mol. The van der Waals surface area contributed by atoms with E-state index < -0.39 is 0 Å². The van der Waals surface area contributed by atoms with Crippen LogP contribution in [-0.4, -0.2) is 48.7 Å². The molecule has 0 aromatic heterocycles. The molecule has 0 aliphatic carbocycles. The number of rotatable bonds is 5. The quantitative estimate of drug-likeness (QED) is 0.824.